The molecule has 1 aromatic heterocycles. The second kappa shape index (κ2) is 4.87. The van der Waals surface area contributed by atoms with Gasteiger partial charge in [0.05, 0.1) is 0 Å². The molecule has 82 valence electrons. The van der Waals surface area contributed by atoms with E-state index in [9.17, 15) is 0 Å². The average molecular weight is 206 g/mol. The van der Waals surface area contributed by atoms with Gasteiger partial charge < -0.3 is 0 Å². The van der Waals surface area contributed by atoms with E-state index < -0.39 is 0 Å². The van der Waals surface area contributed by atoms with Crippen LogP contribution >= 0.6 is 0 Å². The molecule has 0 N–H and O–H groups in total. The van der Waals surface area contributed by atoms with Crippen molar-refractivity contribution in [1.29, 1.82) is 0 Å². The molecule has 1 aromatic rings. The van der Waals surface area contributed by atoms with Gasteiger partial charge in [-0.2, -0.15) is 5.10 Å². The Hall–Kier alpha value is -1.45. The molecule has 0 saturated carbocycles. The molecule has 0 aromatic carbocycles. The Morgan fingerprint density at radius 2 is 2.00 bits per heavy atom. The normalized spacial score (nSPS) is 11.9. The molecule has 0 spiro atoms. The minimum Gasteiger partial charge on any atom is -0.250 e. The molecule has 0 atom stereocenters. The van der Waals surface area contributed by atoms with Gasteiger partial charge in [-0.1, -0.05) is 6.92 Å². The Morgan fingerprint density at radius 3 is 2.47 bits per heavy atom. The first-order valence-corrected chi connectivity index (χ1v) is 5.22. The van der Waals surface area contributed by atoms with Crippen LogP contribution in [-0.4, -0.2) is 22.9 Å². The van der Waals surface area contributed by atoms with Crippen molar-refractivity contribution in [2.45, 2.75) is 34.1 Å². The van der Waals surface area contributed by atoms with Crippen LogP contribution in [0.4, 0.5) is 0 Å². The quantitative estimate of drug-likeness (QED) is 0.690. The lowest BCUT2D eigenvalue weighted by Crippen LogP contribution is -2.26. The highest BCUT2D eigenvalue weighted by molar-refractivity contribution is 5.27. The van der Waals surface area contributed by atoms with Gasteiger partial charge in [-0.05, 0) is 32.8 Å². The maximum atomic E-state index is 4.43. The summed E-state index contributed by atoms with van der Waals surface area (Å²) in [5.74, 6) is 0. The highest BCUT2D eigenvalue weighted by Gasteiger charge is 2.07. The molecule has 1 rings (SSSR count). The smallest absolute Gasteiger partial charge is 0.246 e. The van der Waals surface area contributed by atoms with Gasteiger partial charge in [0.2, 0.25) is 5.62 Å². The molecular formula is C11H18N4. The van der Waals surface area contributed by atoms with Crippen LogP contribution < -0.4 is 5.62 Å². The highest BCUT2D eigenvalue weighted by Crippen LogP contribution is 2.09. The summed E-state index contributed by atoms with van der Waals surface area (Å²) in [6.07, 6.45) is 0.951. The number of rotatable bonds is 3. The van der Waals surface area contributed by atoms with E-state index in [1.807, 2.05) is 20.8 Å². The van der Waals surface area contributed by atoms with Crippen molar-refractivity contribution in [2.24, 2.45) is 10.1 Å². The van der Waals surface area contributed by atoms with Gasteiger partial charge in [-0.3, -0.25) is 0 Å². The van der Waals surface area contributed by atoms with Crippen LogP contribution in [-0.2, 0) is 6.42 Å². The number of hydrogen-bond donors (Lipinski definition) is 0. The number of hydrogen-bond acceptors (Lipinski definition) is 3. The third kappa shape index (κ3) is 2.14. The van der Waals surface area contributed by atoms with Crippen molar-refractivity contribution < 1.29 is 0 Å². The zero-order chi connectivity index (χ0) is 11.4. The van der Waals surface area contributed by atoms with E-state index in [2.05, 4.69) is 28.7 Å². The second-order valence-corrected chi connectivity index (χ2v) is 3.34. The van der Waals surface area contributed by atoms with Crippen molar-refractivity contribution >= 4 is 6.72 Å². The zero-order valence-corrected chi connectivity index (χ0v) is 9.91. The Balaban J connectivity index is 3.59. The van der Waals surface area contributed by atoms with Crippen LogP contribution in [0, 0.1) is 13.8 Å². The lowest BCUT2D eigenvalue weighted by Gasteiger charge is -2.11. The Morgan fingerprint density at radius 1 is 1.33 bits per heavy atom. The fourth-order valence-corrected chi connectivity index (χ4v) is 1.73. The molecule has 0 fully saturated rings. The first-order chi connectivity index (χ1) is 7.15. The first-order valence-electron chi connectivity index (χ1n) is 5.22. The van der Waals surface area contributed by atoms with Crippen LogP contribution in [0.5, 0.6) is 0 Å². The van der Waals surface area contributed by atoms with Gasteiger partial charge in [0.15, 0.2) is 0 Å². The van der Waals surface area contributed by atoms with Gasteiger partial charge in [0.25, 0.3) is 0 Å². The minimum atomic E-state index is 0.639. The van der Waals surface area contributed by atoms with E-state index >= 15 is 0 Å². The second-order valence-electron chi connectivity index (χ2n) is 3.34. The number of aromatic nitrogens is 2. The molecule has 0 unspecified atom stereocenters. The van der Waals surface area contributed by atoms with Crippen molar-refractivity contribution in [3.8, 4) is 0 Å². The molecule has 4 heteroatoms. The summed E-state index contributed by atoms with van der Waals surface area (Å²) in [6.45, 7) is 12.4. The monoisotopic (exact) mass is 206 g/mol. The topological polar surface area (TPSA) is 42.5 Å². The van der Waals surface area contributed by atoms with Gasteiger partial charge in [-0.15, -0.1) is 0 Å². The predicted octanol–water partition coefficient (Wildman–Crippen LogP) is 1.45. The van der Waals surface area contributed by atoms with E-state index in [1.165, 1.54) is 5.56 Å². The van der Waals surface area contributed by atoms with Crippen LogP contribution in [0.25, 0.3) is 0 Å². The molecule has 0 bridgehead atoms. The largest absolute Gasteiger partial charge is 0.250 e. The summed E-state index contributed by atoms with van der Waals surface area (Å²) >= 11 is 0. The molecule has 0 radical (unpaired) electrons. The van der Waals surface area contributed by atoms with Crippen LogP contribution in [0.3, 0.4) is 0 Å². The van der Waals surface area contributed by atoms with E-state index in [4.69, 9.17) is 0 Å². The van der Waals surface area contributed by atoms with E-state index in [0.717, 1.165) is 17.8 Å². The SMILES string of the molecule is C=Nn1c(C)c(CC)c(C)nc1=NCC. The Bertz CT molecular complexity index is 429. The van der Waals surface area contributed by atoms with Crippen LogP contribution in [0.1, 0.15) is 30.8 Å². The van der Waals surface area contributed by atoms with E-state index in [0.29, 0.717) is 12.2 Å². The molecular weight excluding hydrogens is 188 g/mol. The molecule has 0 aliphatic carbocycles. The average Bonchev–Trinajstić information content (AvgIpc) is 2.19. The van der Waals surface area contributed by atoms with E-state index in [-0.39, 0.29) is 0 Å². The summed E-state index contributed by atoms with van der Waals surface area (Å²) in [7, 11) is 0. The fraction of sp³-hybridized carbons (Fsp3) is 0.545. The molecule has 1 heterocycles. The maximum absolute atomic E-state index is 4.43. The Kier molecular flexibility index (Phi) is 3.77. The summed E-state index contributed by atoms with van der Waals surface area (Å²) in [6, 6.07) is 0. The Labute approximate surface area is 90.4 Å². The number of nitrogens with zero attached hydrogens (tertiary/aromatic N) is 4. The van der Waals surface area contributed by atoms with Gasteiger partial charge >= 0.3 is 0 Å². The van der Waals surface area contributed by atoms with Crippen molar-refractivity contribution in [2.75, 3.05) is 6.54 Å². The van der Waals surface area contributed by atoms with Crippen molar-refractivity contribution in [3.63, 3.8) is 0 Å². The standard InChI is InChI=1S/C11H18N4/c1-6-10-8(3)14-11(13-7-2)15(12-5)9(10)4/h5-7H2,1-4H3. The van der Waals surface area contributed by atoms with Crippen LogP contribution in [0.2, 0.25) is 0 Å². The molecule has 0 aliphatic heterocycles. The molecule has 0 saturated heterocycles. The predicted molar refractivity (Wildman–Crippen MR) is 62.1 cm³/mol. The minimum absolute atomic E-state index is 0.639. The summed E-state index contributed by atoms with van der Waals surface area (Å²) in [5, 5.41) is 3.95. The maximum Gasteiger partial charge on any atom is 0.246 e. The summed E-state index contributed by atoms with van der Waals surface area (Å²) in [5.41, 5.74) is 3.96. The van der Waals surface area contributed by atoms with Gasteiger partial charge in [-0.25, -0.2) is 14.7 Å². The molecule has 15 heavy (non-hydrogen) atoms. The van der Waals surface area contributed by atoms with Crippen LogP contribution in [0.15, 0.2) is 10.1 Å². The van der Waals surface area contributed by atoms with E-state index in [1.54, 1.807) is 4.68 Å². The zero-order valence-electron chi connectivity index (χ0n) is 9.91. The third-order valence-corrected chi connectivity index (χ3v) is 2.44. The lowest BCUT2D eigenvalue weighted by atomic mass is 10.1. The number of aryl methyl sites for hydroxylation is 1. The van der Waals surface area contributed by atoms with Crippen molar-refractivity contribution in [1.82, 2.24) is 9.66 Å². The van der Waals surface area contributed by atoms with Crippen molar-refractivity contribution in [3.05, 3.63) is 22.6 Å². The third-order valence-electron chi connectivity index (χ3n) is 2.44. The van der Waals surface area contributed by atoms with Gasteiger partial charge in [0.1, 0.15) is 0 Å². The highest BCUT2D eigenvalue weighted by atomic mass is 15.4. The molecule has 4 nitrogen and oxygen atoms in total. The lowest BCUT2D eigenvalue weighted by molar-refractivity contribution is 0.694. The summed E-state index contributed by atoms with van der Waals surface area (Å²) in [4.78, 5) is 8.72. The molecule has 0 amide bonds. The van der Waals surface area contributed by atoms with Gasteiger partial charge in [0, 0.05) is 24.7 Å². The molecule has 0 aliphatic rings. The first kappa shape index (κ1) is 11.6. The fourth-order valence-electron chi connectivity index (χ4n) is 1.73. The summed E-state index contributed by atoms with van der Waals surface area (Å²) < 4.78 is 1.70.